The van der Waals surface area contributed by atoms with Gasteiger partial charge in [0.1, 0.15) is 4.47 Å². The molecule has 0 saturated carbocycles. The normalized spacial score (nSPS) is 10.5. The van der Waals surface area contributed by atoms with Gasteiger partial charge in [-0.3, -0.25) is 4.79 Å². The highest BCUT2D eigenvalue weighted by Crippen LogP contribution is 2.23. The van der Waals surface area contributed by atoms with E-state index in [1.165, 1.54) is 4.68 Å². The second kappa shape index (κ2) is 5.94. The maximum atomic E-state index is 11.7. The molecule has 2 rings (SSSR count). The van der Waals surface area contributed by atoms with Crippen LogP contribution in [0.1, 0.15) is 5.56 Å². The first kappa shape index (κ1) is 14.4. The summed E-state index contributed by atoms with van der Waals surface area (Å²) >= 11 is 15.2. The van der Waals surface area contributed by atoms with Gasteiger partial charge in [0, 0.05) is 23.6 Å². The van der Waals surface area contributed by atoms with Gasteiger partial charge in [0.15, 0.2) is 0 Å². The van der Waals surface area contributed by atoms with Gasteiger partial charge in [-0.05, 0) is 33.6 Å². The number of hydrogen-bond acceptors (Lipinski definition) is 3. The van der Waals surface area contributed by atoms with E-state index in [2.05, 4.69) is 26.3 Å². The monoisotopic (exact) mass is 361 g/mol. The van der Waals surface area contributed by atoms with Crippen LogP contribution >= 0.6 is 39.1 Å². The summed E-state index contributed by atoms with van der Waals surface area (Å²) in [6, 6.07) is 5.28. The summed E-state index contributed by atoms with van der Waals surface area (Å²) in [6.45, 7) is 0.476. The number of rotatable bonds is 3. The molecule has 0 spiro atoms. The molecule has 0 amide bonds. The van der Waals surface area contributed by atoms with Crippen molar-refractivity contribution in [1.29, 1.82) is 0 Å². The first-order valence-corrected chi connectivity index (χ1v) is 6.93. The van der Waals surface area contributed by atoms with Gasteiger partial charge >= 0.3 is 0 Å². The van der Waals surface area contributed by atoms with Crippen LogP contribution in [0.2, 0.25) is 10.0 Å². The zero-order valence-corrected chi connectivity index (χ0v) is 13.1. The van der Waals surface area contributed by atoms with E-state index in [4.69, 9.17) is 23.2 Å². The van der Waals surface area contributed by atoms with Crippen molar-refractivity contribution >= 4 is 44.8 Å². The predicted molar refractivity (Wildman–Crippen MR) is 81.0 cm³/mol. The second-order valence-corrected chi connectivity index (χ2v) is 5.53. The largest absolute Gasteiger partial charge is 0.379 e. The minimum absolute atomic E-state index is 0.202. The standard InChI is InChI=1S/C12H10BrCl2N3O/c1-18-12(19)11(13)10(6-17-18)16-5-7-2-3-8(14)4-9(7)15/h2-4,6,16H,5H2,1H3. The smallest absolute Gasteiger partial charge is 0.282 e. The fraction of sp³-hybridized carbons (Fsp3) is 0.167. The SMILES string of the molecule is Cn1ncc(NCc2ccc(Cl)cc2Cl)c(Br)c1=O. The number of hydrogen-bond donors (Lipinski definition) is 1. The molecule has 100 valence electrons. The van der Waals surface area contributed by atoms with Crippen LogP contribution < -0.4 is 10.9 Å². The Kier molecular flexibility index (Phi) is 4.50. The fourth-order valence-corrected chi connectivity index (χ4v) is 2.46. The first-order chi connectivity index (χ1) is 8.99. The number of anilines is 1. The third-order valence-electron chi connectivity index (χ3n) is 2.56. The van der Waals surface area contributed by atoms with Crippen molar-refractivity contribution in [3.63, 3.8) is 0 Å². The summed E-state index contributed by atoms with van der Waals surface area (Å²) in [5, 5.41) is 8.22. The van der Waals surface area contributed by atoms with Gasteiger partial charge in [-0.2, -0.15) is 5.10 Å². The van der Waals surface area contributed by atoms with Crippen molar-refractivity contribution in [2.24, 2.45) is 7.05 Å². The maximum Gasteiger partial charge on any atom is 0.282 e. The van der Waals surface area contributed by atoms with Crippen LogP contribution in [0.25, 0.3) is 0 Å². The Morgan fingerprint density at radius 1 is 1.42 bits per heavy atom. The lowest BCUT2D eigenvalue weighted by Gasteiger charge is -2.10. The lowest BCUT2D eigenvalue weighted by molar-refractivity contribution is 0.703. The molecular weight excluding hydrogens is 353 g/mol. The Labute approximate surface area is 128 Å². The van der Waals surface area contributed by atoms with Gasteiger partial charge in [-0.25, -0.2) is 4.68 Å². The minimum atomic E-state index is -0.202. The first-order valence-electron chi connectivity index (χ1n) is 5.38. The van der Waals surface area contributed by atoms with Gasteiger partial charge in [-0.1, -0.05) is 29.3 Å². The van der Waals surface area contributed by atoms with Gasteiger partial charge in [0.25, 0.3) is 5.56 Å². The number of nitrogens with zero attached hydrogens (tertiary/aromatic N) is 2. The van der Waals surface area contributed by atoms with Gasteiger partial charge in [-0.15, -0.1) is 0 Å². The molecule has 1 aromatic carbocycles. The van der Waals surface area contributed by atoms with E-state index < -0.39 is 0 Å². The molecule has 0 fully saturated rings. The van der Waals surface area contributed by atoms with Crippen molar-refractivity contribution in [3.05, 3.63) is 54.8 Å². The fourth-order valence-electron chi connectivity index (χ4n) is 1.49. The zero-order chi connectivity index (χ0) is 14.0. The summed E-state index contributed by atoms with van der Waals surface area (Å²) in [5.41, 5.74) is 1.31. The van der Waals surface area contributed by atoms with Crippen LogP contribution in [0.15, 0.2) is 33.7 Å². The second-order valence-electron chi connectivity index (χ2n) is 3.89. The van der Waals surface area contributed by atoms with Crippen molar-refractivity contribution in [2.45, 2.75) is 6.54 Å². The Morgan fingerprint density at radius 2 is 2.16 bits per heavy atom. The van der Waals surface area contributed by atoms with Gasteiger partial charge < -0.3 is 5.32 Å². The lowest BCUT2D eigenvalue weighted by Crippen LogP contribution is -2.21. The highest BCUT2D eigenvalue weighted by atomic mass is 79.9. The molecule has 0 aliphatic heterocycles. The molecule has 0 aliphatic rings. The number of halogens is 3. The molecule has 0 aliphatic carbocycles. The van der Waals surface area contributed by atoms with Crippen molar-refractivity contribution in [1.82, 2.24) is 9.78 Å². The third kappa shape index (κ3) is 3.29. The van der Waals surface area contributed by atoms with E-state index in [1.54, 1.807) is 25.4 Å². The average molecular weight is 363 g/mol. The third-order valence-corrected chi connectivity index (χ3v) is 3.92. The summed E-state index contributed by atoms with van der Waals surface area (Å²) < 4.78 is 1.69. The molecule has 0 radical (unpaired) electrons. The van der Waals surface area contributed by atoms with Gasteiger partial charge in [0.2, 0.25) is 0 Å². The van der Waals surface area contributed by atoms with E-state index in [1.807, 2.05) is 6.07 Å². The van der Waals surface area contributed by atoms with Crippen LogP contribution in [-0.2, 0) is 13.6 Å². The van der Waals surface area contributed by atoms with Crippen molar-refractivity contribution in [2.75, 3.05) is 5.32 Å². The Morgan fingerprint density at radius 3 is 2.84 bits per heavy atom. The van der Waals surface area contributed by atoms with Gasteiger partial charge in [0.05, 0.1) is 11.9 Å². The minimum Gasteiger partial charge on any atom is -0.379 e. The van der Waals surface area contributed by atoms with Crippen LogP contribution in [0.3, 0.4) is 0 Å². The molecule has 1 heterocycles. The number of aromatic nitrogens is 2. The Balaban J connectivity index is 2.19. The van der Waals surface area contributed by atoms with E-state index in [9.17, 15) is 4.79 Å². The lowest BCUT2D eigenvalue weighted by atomic mass is 10.2. The van der Waals surface area contributed by atoms with Crippen LogP contribution in [0, 0.1) is 0 Å². The van der Waals surface area contributed by atoms with Crippen molar-refractivity contribution < 1.29 is 0 Å². The molecule has 0 bridgehead atoms. The van der Waals surface area contributed by atoms with Crippen LogP contribution in [0.4, 0.5) is 5.69 Å². The highest BCUT2D eigenvalue weighted by Gasteiger charge is 2.07. The predicted octanol–water partition coefficient (Wildman–Crippen LogP) is 3.46. The summed E-state index contributed by atoms with van der Waals surface area (Å²) in [6.07, 6.45) is 1.58. The summed E-state index contributed by atoms with van der Waals surface area (Å²) in [5.74, 6) is 0. The summed E-state index contributed by atoms with van der Waals surface area (Å²) in [4.78, 5) is 11.7. The zero-order valence-electron chi connectivity index (χ0n) is 9.95. The molecular formula is C12H10BrCl2N3O. The molecule has 2 aromatic rings. The Bertz CT molecular complexity index is 673. The number of aryl methyl sites for hydroxylation is 1. The quantitative estimate of drug-likeness (QED) is 0.909. The van der Waals surface area contributed by atoms with E-state index in [-0.39, 0.29) is 5.56 Å². The molecule has 0 unspecified atom stereocenters. The molecule has 1 aromatic heterocycles. The number of benzene rings is 1. The molecule has 19 heavy (non-hydrogen) atoms. The van der Waals surface area contributed by atoms with Crippen LogP contribution in [0.5, 0.6) is 0 Å². The van der Waals surface area contributed by atoms with E-state index in [0.29, 0.717) is 26.8 Å². The summed E-state index contributed by atoms with van der Waals surface area (Å²) in [7, 11) is 1.59. The molecule has 0 saturated heterocycles. The Hall–Kier alpha value is -1.04. The maximum absolute atomic E-state index is 11.7. The van der Waals surface area contributed by atoms with E-state index in [0.717, 1.165) is 5.56 Å². The molecule has 4 nitrogen and oxygen atoms in total. The number of nitrogens with one attached hydrogen (secondary N) is 1. The van der Waals surface area contributed by atoms with Crippen LogP contribution in [-0.4, -0.2) is 9.78 Å². The molecule has 0 atom stereocenters. The molecule has 1 N–H and O–H groups in total. The van der Waals surface area contributed by atoms with E-state index >= 15 is 0 Å². The topological polar surface area (TPSA) is 46.9 Å². The average Bonchev–Trinajstić information content (AvgIpc) is 2.37. The van der Waals surface area contributed by atoms with Crippen molar-refractivity contribution in [3.8, 4) is 0 Å². The highest BCUT2D eigenvalue weighted by molar-refractivity contribution is 9.10. The molecule has 7 heteroatoms.